The van der Waals surface area contributed by atoms with Gasteiger partial charge in [-0.2, -0.15) is 0 Å². The molecule has 45 heavy (non-hydrogen) atoms. The van der Waals surface area contributed by atoms with Crippen LogP contribution in [0, 0.1) is 11.3 Å². The summed E-state index contributed by atoms with van der Waals surface area (Å²) in [5.74, 6) is 0.121. The first-order valence-electron chi connectivity index (χ1n) is 16.6. The zero-order valence-electron chi connectivity index (χ0n) is 29.1. The summed E-state index contributed by atoms with van der Waals surface area (Å²) >= 11 is 0. The van der Waals surface area contributed by atoms with Crippen molar-refractivity contribution >= 4 is 24.7 Å². The fraction of sp³-hybridized carbons (Fsp3) is 0.605. The highest BCUT2D eigenvalue weighted by Crippen LogP contribution is 2.37. The van der Waals surface area contributed by atoms with Crippen molar-refractivity contribution in [1.29, 1.82) is 0 Å². The topological polar surface area (TPSA) is 63.2 Å². The fourth-order valence-corrected chi connectivity index (χ4v) is 10.9. The smallest absolute Gasteiger partial charge is 0.311 e. The third-order valence-corrected chi connectivity index (χ3v) is 13.7. The largest absolute Gasteiger partial charge is 0.465 e. The van der Waals surface area contributed by atoms with Gasteiger partial charge in [-0.15, -0.1) is 0 Å². The van der Waals surface area contributed by atoms with Gasteiger partial charge in [0.2, 0.25) is 0 Å². The van der Waals surface area contributed by atoms with Crippen LogP contribution in [0.3, 0.4) is 0 Å². The van der Waals surface area contributed by atoms with E-state index in [4.69, 9.17) is 23.4 Å². The lowest BCUT2D eigenvalue weighted by Gasteiger charge is -2.43. The summed E-state index contributed by atoms with van der Waals surface area (Å²) in [4.78, 5) is 12.0. The number of esters is 1. The minimum Gasteiger partial charge on any atom is -0.465 e. The van der Waals surface area contributed by atoms with E-state index in [2.05, 4.69) is 94.9 Å². The Hall–Kier alpha value is -2.29. The molecule has 2 aromatic carbocycles. The molecule has 250 valence electrons. The molecule has 4 atom stereocenters. The van der Waals surface area contributed by atoms with E-state index in [0.29, 0.717) is 13.2 Å². The molecule has 6 nitrogen and oxygen atoms in total. The molecule has 0 N–H and O–H groups in total. The van der Waals surface area contributed by atoms with Crippen LogP contribution in [0.2, 0.25) is 5.04 Å². The Morgan fingerprint density at radius 1 is 0.978 bits per heavy atom. The van der Waals surface area contributed by atoms with E-state index in [-0.39, 0.29) is 42.0 Å². The first-order valence-corrected chi connectivity index (χ1v) is 18.5. The Labute approximate surface area is 274 Å². The van der Waals surface area contributed by atoms with Crippen molar-refractivity contribution in [3.8, 4) is 0 Å². The summed E-state index contributed by atoms with van der Waals surface area (Å²) in [6, 6.07) is 21.6. The van der Waals surface area contributed by atoms with Crippen molar-refractivity contribution in [2.45, 2.75) is 110 Å². The van der Waals surface area contributed by atoms with E-state index < -0.39 is 13.7 Å². The van der Waals surface area contributed by atoms with Crippen molar-refractivity contribution in [3.63, 3.8) is 0 Å². The molecule has 0 spiro atoms. The quantitative estimate of drug-likeness (QED) is 0.0590. The van der Waals surface area contributed by atoms with E-state index in [1.54, 1.807) is 7.11 Å². The van der Waals surface area contributed by atoms with Crippen molar-refractivity contribution in [3.05, 3.63) is 72.8 Å². The normalized spacial score (nSPS) is 19.0. The average molecular weight is 639 g/mol. The number of carbonyl (C=O) groups is 1. The van der Waals surface area contributed by atoms with Gasteiger partial charge in [0.05, 0.1) is 30.3 Å². The molecule has 0 saturated carbocycles. The number of benzene rings is 2. The van der Waals surface area contributed by atoms with E-state index in [9.17, 15) is 4.79 Å². The number of hydrogen-bond acceptors (Lipinski definition) is 6. The van der Waals surface area contributed by atoms with Crippen molar-refractivity contribution in [2.24, 2.45) is 11.3 Å². The number of methoxy groups -OCH3 is 1. The maximum Gasteiger partial charge on any atom is 0.311 e. The van der Waals surface area contributed by atoms with Crippen LogP contribution in [0.4, 0.5) is 0 Å². The Morgan fingerprint density at radius 3 is 2.11 bits per heavy atom. The van der Waals surface area contributed by atoms with Crippen LogP contribution < -0.4 is 10.4 Å². The molecule has 2 aromatic rings. The molecule has 7 heteroatoms. The Kier molecular flexibility index (Phi) is 14.1. The molecule has 0 aromatic heterocycles. The third kappa shape index (κ3) is 10.6. The van der Waals surface area contributed by atoms with E-state index in [0.717, 1.165) is 44.1 Å². The zero-order valence-corrected chi connectivity index (χ0v) is 30.1. The summed E-state index contributed by atoms with van der Waals surface area (Å²) in [5, 5.41) is 2.52. The highest BCUT2D eigenvalue weighted by atomic mass is 28.4. The van der Waals surface area contributed by atoms with Gasteiger partial charge in [-0.3, -0.25) is 4.79 Å². The van der Waals surface area contributed by atoms with Gasteiger partial charge in [0.25, 0.3) is 8.32 Å². The maximum atomic E-state index is 12.0. The van der Waals surface area contributed by atoms with Crippen LogP contribution >= 0.6 is 0 Å². The SMILES string of the molecule is C=C1C[C@H](CCCOC(=O)C(C)(C)C)O[C@H]1CC[C@H](C[C@@H](C)CO[Si](c1ccccc1)(c1ccccc1)C(C)(C)C)OCOC. The molecular weight excluding hydrogens is 580 g/mol. The number of hydrogen-bond donors (Lipinski definition) is 0. The second kappa shape index (κ2) is 17.0. The molecule has 1 fully saturated rings. The molecular formula is C38H58O6Si. The second-order valence-corrected chi connectivity index (χ2v) is 19.0. The minimum atomic E-state index is -2.60. The molecule has 0 unspecified atom stereocenters. The molecule has 1 aliphatic heterocycles. The monoisotopic (exact) mass is 638 g/mol. The first kappa shape index (κ1) is 37.2. The van der Waals surface area contributed by atoms with Gasteiger partial charge >= 0.3 is 5.97 Å². The molecule has 0 aliphatic carbocycles. The Balaban J connectivity index is 1.59. The van der Waals surface area contributed by atoms with Crippen LogP contribution in [0.15, 0.2) is 72.8 Å². The fourth-order valence-electron chi connectivity index (χ4n) is 6.25. The van der Waals surface area contributed by atoms with Crippen molar-refractivity contribution in [2.75, 3.05) is 27.1 Å². The van der Waals surface area contributed by atoms with Crippen LogP contribution in [0.5, 0.6) is 0 Å². The van der Waals surface area contributed by atoms with Crippen molar-refractivity contribution < 1.29 is 28.2 Å². The van der Waals surface area contributed by atoms with Crippen LogP contribution in [0.25, 0.3) is 0 Å². The number of carbonyl (C=O) groups excluding carboxylic acids is 1. The summed E-state index contributed by atoms with van der Waals surface area (Å²) in [5.41, 5.74) is 0.663. The summed E-state index contributed by atoms with van der Waals surface area (Å²) in [6.07, 6.45) is 5.22. The molecule has 3 rings (SSSR count). The van der Waals surface area contributed by atoms with Crippen molar-refractivity contribution in [1.82, 2.24) is 0 Å². The molecule has 0 bridgehead atoms. The zero-order chi connectivity index (χ0) is 33.1. The predicted molar refractivity (Wildman–Crippen MR) is 185 cm³/mol. The molecule has 0 radical (unpaired) electrons. The molecule has 0 amide bonds. The van der Waals surface area contributed by atoms with Crippen LogP contribution in [-0.4, -0.2) is 59.7 Å². The summed E-state index contributed by atoms with van der Waals surface area (Å²) < 4.78 is 30.5. The number of ether oxygens (including phenoxy) is 4. The lowest BCUT2D eigenvalue weighted by atomic mass is 9.97. The molecule has 1 heterocycles. The van der Waals surface area contributed by atoms with E-state index >= 15 is 0 Å². The molecule has 1 saturated heterocycles. The van der Waals surface area contributed by atoms with Gasteiger partial charge in [0.1, 0.15) is 6.79 Å². The van der Waals surface area contributed by atoms with Crippen LogP contribution in [0.1, 0.15) is 87.0 Å². The first-order chi connectivity index (χ1) is 21.3. The average Bonchev–Trinajstić information content (AvgIpc) is 3.35. The second-order valence-electron chi connectivity index (χ2n) is 14.7. The Morgan fingerprint density at radius 2 is 1.58 bits per heavy atom. The van der Waals surface area contributed by atoms with E-state index in [1.807, 2.05) is 20.8 Å². The van der Waals surface area contributed by atoms with Gasteiger partial charge in [0.15, 0.2) is 0 Å². The summed E-state index contributed by atoms with van der Waals surface area (Å²) in [7, 11) is -0.935. The minimum absolute atomic E-state index is 0.0180. The highest BCUT2D eigenvalue weighted by Gasteiger charge is 2.50. The van der Waals surface area contributed by atoms with Gasteiger partial charge in [-0.25, -0.2) is 0 Å². The molecule has 1 aliphatic rings. The summed E-state index contributed by atoms with van der Waals surface area (Å²) in [6.45, 7) is 20.5. The number of rotatable bonds is 17. The van der Waals surface area contributed by atoms with E-state index in [1.165, 1.54) is 10.4 Å². The lowest BCUT2D eigenvalue weighted by molar-refractivity contribution is -0.153. The van der Waals surface area contributed by atoms with Crippen LogP contribution in [-0.2, 0) is 28.2 Å². The highest BCUT2D eigenvalue weighted by molar-refractivity contribution is 6.99. The maximum absolute atomic E-state index is 12.0. The van der Waals surface area contributed by atoms with Gasteiger partial charge in [-0.05, 0) is 86.2 Å². The van der Waals surface area contributed by atoms with Gasteiger partial charge in [0, 0.05) is 13.7 Å². The standard InChI is InChI=1S/C38H58O6Si/c1-29(27-43-45(38(6,7)8,33-18-12-10-13-19-33)34-20-14-11-15-21-34)25-31(42-28-40-9)22-23-35-30(2)26-32(44-35)17-16-24-41-36(39)37(3,4)5/h10-15,18-21,29,31-32,35H,2,16-17,22-28H2,1,3-9H3/t29-,31-,32+,35+/m1/s1. The predicted octanol–water partition coefficient (Wildman–Crippen LogP) is 7.44. The van der Waals surface area contributed by atoms with Gasteiger partial charge < -0.3 is 23.4 Å². The third-order valence-electron chi connectivity index (χ3n) is 8.66. The Bertz CT molecular complexity index is 1130. The lowest BCUT2D eigenvalue weighted by Crippen LogP contribution is -2.66. The van der Waals surface area contributed by atoms with Gasteiger partial charge in [-0.1, -0.05) is 94.9 Å².